The summed E-state index contributed by atoms with van der Waals surface area (Å²) in [5.41, 5.74) is 1.25. The largest absolute Gasteiger partial charge is 0.469 e. The molecule has 1 aliphatic heterocycles. The van der Waals surface area contributed by atoms with Gasteiger partial charge in [-0.1, -0.05) is 18.2 Å². The van der Waals surface area contributed by atoms with E-state index in [9.17, 15) is 14.4 Å². The lowest BCUT2D eigenvalue weighted by Crippen LogP contribution is -2.57. The van der Waals surface area contributed by atoms with Crippen LogP contribution in [0.5, 0.6) is 0 Å². The lowest BCUT2D eigenvalue weighted by atomic mass is 10.1. The van der Waals surface area contributed by atoms with Crippen molar-refractivity contribution in [1.29, 1.82) is 0 Å². The van der Waals surface area contributed by atoms with Gasteiger partial charge in [0, 0.05) is 24.0 Å². The maximum Gasteiger partial charge on any atom is 0.308 e. The third kappa shape index (κ3) is 2.90. The van der Waals surface area contributed by atoms with Crippen molar-refractivity contribution in [3.63, 3.8) is 0 Å². The number of hydrogen-bond acceptors (Lipinski definition) is 4. The smallest absolute Gasteiger partial charge is 0.308 e. The van der Waals surface area contributed by atoms with Crippen LogP contribution in [0.4, 0.5) is 0 Å². The van der Waals surface area contributed by atoms with E-state index in [1.807, 2.05) is 24.3 Å². The average molecular weight is 315 g/mol. The number of carbonyl (C=O) groups is 3. The summed E-state index contributed by atoms with van der Waals surface area (Å²) in [6, 6.07) is 8.44. The summed E-state index contributed by atoms with van der Waals surface area (Å²) in [6.07, 6.45) is -0.158. The number of benzene rings is 1. The third-order valence-corrected chi connectivity index (χ3v) is 3.94. The van der Waals surface area contributed by atoms with Gasteiger partial charge >= 0.3 is 5.97 Å². The Kier molecular flexibility index (Phi) is 4.01. The van der Waals surface area contributed by atoms with Gasteiger partial charge in [-0.05, 0) is 12.1 Å². The molecule has 1 aromatic carbocycles. The van der Waals surface area contributed by atoms with E-state index in [0.29, 0.717) is 18.8 Å². The van der Waals surface area contributed by atoms with E-state index in [1.54, 1.807) is 6.07 Å². The van der Waals surface area contributed by atoms with Crippen LogP contribution < -0.4 is 5.32 Å². The third-order valence-electron chi connectivity index (χ3n) is 3.94. The van der Waals surface area contributed by atoms with Gasteiger partial charge in [0.15, 0.2) is 0 Å². The zero-order chi connectivity index (χ0) is 16.4. The highest BCUT2D eigenvalue weighted by Gasteiger charge is 2.35. The second-order valence-electron chi connectivity index (χ2n) is 5.36. The van der Waals surface area contributed by atoms with Gasteiger partial charge in [0.05, 0.1) is 13.5 Å². The van der Waals surface area contributed by atoms with Crippen LogP contribution in [0.2, 0.25) is 0 Å². The highest BCUT2D eigenvalue weighted by Crippen LogP contribution is 2.19. The Morgan fingerprint density at radius 2 is 2.13 bits per heavy atom. The van der Waals surface area contributed by atoms with Crippen molar-refractivity contribution in [3.05, 3.63) is 36.0 Å². The fourth-order valence-corrected chi connectivity index (χ4v) is 2.75. The molecule has 1 aromatic heterocycles. The SMILES string of the molecule is COC(=O)CC1C(=O)NCCN1C(=O)c1cc2ccccc2[nH]1. The van der Waals surface area contributed by atoms with Crippen LogP contribution in [0.15, 0.2) is 30.3 Å². The number of H-pyrrole nitrogens is 1. The second-order valence-corrected chi connectivity index (χ2v) is 5.36. The maximum absolute atomic E-state index is 12.8. The molecule has 1 unspecified atom stereocenters. The van der Waals surface area contributed by atoms with Crippen LogP contribution in [-0.2, 0) is 14.3 Å². The summed E-state index contributed by atoms with van der Waals surface area (Å²) in [6.45, 7) is 0.712. The molecule has 3 rings (SSSR count). The number of fused-ring (bicyclic) bond motifs is 1. The molecule has 120 valence electrons. The number of nitrogens with zero attached hydrogens (tertiary/aromatic N) is 1. The molecular weight excluding hydrogens is 298 g/mol. The number of esters is 1. The Morgan fingerprint density at radius 1 is 1.35 bits per heavy atom. The van der Waals surface area contributed by atoms with Crippen LogP contribution in [0.1, 0.15) is 16.9 Å². The molecule has 23 heavy (non-hydrogen) atoms. The molecule has 2 amide bonds. The summed E-state index contributed by atoms with van der Waals surface area (Å²) in [7, 11) is 1.26. The number of nitrogens with one attached hydrogen (secondary N) is 2. The van der Waals surface area contributed by atoms with Gasteiger partial charge in [0.2, 0.25) is 5.91 Å². The molecule has 1 aliphatic rings. The fourth-order valence-electron chi connectivity index (χ4n) is 2.75. The van der Waals surface area contributed by atoms with Gasteiger partial charge < -0.3 is 19.9 Å². The Morgan fingerprint density at radius 3 is 2.87 bits per heavy atom. The molecule has 0 saturated carbocycles. The molecule has 2 aromatic rings. The number of ether oxygens (including phenoxy) is 1. The van der Waals surface area contributed by atoms with Gasteiger partial charge in [0.1, 0.15) is 11.7 Å². The minimum Gasteiger partial charge on any atom is -0.469 e. The van der Waals surface area contributed by atoms with E-state index < -0.39 is 12.0 Å². The predicted octanol–water partition coefficient (Wildman–Crippen LogP) is 0.672. The summed E-state index contributed by atoms with van der Waals surface area (Å²) in [5.74, 6) is -1.17. The first-order valence-corrected chi connectivity index (χ1v) is 7.33. The minimum absolute atomic E-state index is 0.158. The molecule has 7 nitrogen and oxygen atoms in total. The van der Waals surface area contributed by atoms with E-state index in [4.69, 9.17) is 0 Å². The molecular formula is C16H17N3O4. The molecule has 2 heterocycles. The quantitative estimate of drug-likeness (QED) is 0.815. The lowest BCUT2D eigenvalue weighted by molar-refractivity contribution is -0.145. The van der Waals surface area contributed by atoms with Gasteiger partial charge in [0.25, 0.3) is 5.91 Å². The van der Waals surface area contributed by atoms with Crippen molar-refractivity contribution in [2.24, 2.45) is 0 Å². The number of hydrogen-bond donors (Lipinski definition) is 2. The van der Waals surface area contributed by atoms with Gasteiger partial charge in [-0.25, -0.2) is 0 Å². The molecule has 7 heteroatoms. The monoisotopic (exact) mass is 315 g/mol. The predicted molar refractivity (Wildman–Crippen MR) is 82.8 cm³/mol. The molecule has 2 N–H and O–H groups in total. The van der Waals surface area contributed by atoms with Crippen molar-refractivity contribution in [3.8, 4) is 0 Å². The van der Waals surface area contributed by atoms with Crippen LogP contribution in [0.3, 0.4) is 0 Å². The van der Waals surface area contributed by atoms with E-state index in [1.165, 1.54) is 12.0 Å². The first-order chi connectivity index (χ1) is 11.1. The second kappa shape index (κ2) is 6.12. The lowest BCUT2D eigenvalue weighted by Gasteiger charge is -2.34. The first kappa shape index (κ1) is 15.1. The molecule has 0 spiro atoms. The van der Waals surface area contributed by atoms with Crippen molar-refractivity contribution in [2.45, 2.75) is 12.5 Å². The van der Waals surface area contributed by atoms with Crippen molar-refractivity contribution >= 4 is 28.7 Å². The van der Waals surface area contributed by atoms with Gasteiger partial charge in [-0.15, -0.1) is 0 Å². The Hall–Kier alpha value is -2.83. The first-order valence-electron chi connectivity index (χ1n) is 7.33. The number of carbonyl (C=O) groups excluding carboxylic acids is 3. The van der Waals surface area contributed by atoms with E-state index >= 15 is 0 Å². The molecule has 0 radical (unpaired) electrons. The number of methoxy groups -OCH3 is 1. The number of rotatable bonds is 3. The number of aromatic amines is 1. The Bertz CT molecular complexity index is 735. The topological polar surface area (TPSA) is 91.5 Å². The molecule has 1 atom stereocenters. The van der Waals surface area contributed by atoms with Crippen LogP contribution in [0.25, 0.3) is 10.9 Å². The van der Waals surface area contributed by atoms with Gasteiger partial charge in [-0.2, -0.15) is 0 Å². The van der Waals surface area contributed by atoms with E-state index in [2.05, 4.69) is 15.0 Å². The highest BCUT2D eigenvalue weighted by atomic mass is 16.5. The Labute approximate surface area is 132 Å². The molecule has 1 saturated heterocycles. The maximum atomic E-state index is 12.8. The average Bonchev–Trinajstić information content (AvgIpc) is 3.00. The van der Waals surface area contributed by atoms with Crippen LogP contribution >= 0.6 is 0 Å². The number of piperazine rings is 1. The van der Waals surface area contributed by atoms with Crippen LogP contribution in [-0.4, -0.2) is 53.9 Å². The highest BCUT2D eigenvalue weighted by molar-refractivity contribution is 6.01. The molecule has 0 aliphatic carbocycles. The number of para-hydroxylation sites is 1. The van der Waals surface area contributed by atoms with Gasteiger partial charge in [-0.3, -0.25) is 14.4 Å². The summed E-state index contributed by atoms with van der Waals surface area (Å²) < 4.78 is 4.62. The number of aromatic nitrogens is 1. The Balaban J connectivity index is 1.88. The zero-order valence-corrected chi connectivity index (χ0v) is 12.7. The normalized spacial score (nSPS) is 17.9. The summed E-state index contributed by atoms with van der Waals surface area (Å²) >= 11 is 0. The van der Waals surface area contributed by atoms with Crippen molar-refractivity contribution in [2.75, 3.05) is 20.2 Å². The van der Waals surface area contributed by atoms with E-state index in [0.717, 1.165) is 10.9 Å². The van der Waals surface area contributed by atoms with E-state index in [-0.39, 0.29) is 18.2 Å². The molecule has 0 bridgehead atoms. The minimum atomic E-state index is -0.852. The summed E-state index contributed by atoms with van der Waals surface area (Å²) in [5, 5.41) is 3.59. The number of amides is 2. The summed E-state index contributed by atoms with van der Waals surface area (Å²) in [4.78, 5) is 40.8. The van der Waals surface area contributed by atoms with Crippen molar-refractivity contribution < 1.29 is 19.1 Å². The zero-order valence-electron chi connectivity index (χ0n) is 12.7. The molecule has 1 fully saturated rings. The van der Waals surface area contributed by atoms with Crippen LogP contribution in [0, 0.1) is 0 Å². The standard InChI is InChI=1S/C16H17N3O4/c1-23-14(20)9-13-15(21)17-6-7-19(13)16(22)12-8-10-4-2-3-5-11(10)18-12/h2-5,8,13,18H,6-7,9H2,1H3,(H,17,21). The van der Waals surface area contributed by atoms with Crippen molar-refractivity contribution in [1.82, 2.24) is 15.2 Å². The fraction of sp³-hybridized carbons (Fsp3) is 0.312.